The Morgan fingerprint density at radius 2 is 2.03 bits per heavy atom. The molecule has 3 N–H and O–H groups in total. The Hall–Kier alpha value is -2.85. The summed E-state index contributed by atoms with van der Waals surface area (Å²) in [5.74, 6) is -0.776. The number of nitrogens with zero attached hydrogens (tertiary/aromatic N) is 2. The number of hydrogen-bond donors (Lipinski definition) is 2. The van der Waals surface area contributed by atoms with Gasteiger partial charge in [-0.05, 0) is 31.9 Å². The van der Waals surface area contributed by atoms with Crippen LogP contribution in [0, 0.1) is 12.8 Å². The highest BCUT2D eigenvalue weighted by molar-refractivity contribution is 7.13. The number of rotatable bonds is 7. The predicted octanol–water partition coefficient (Wildman–Crippen LogP) is 2.47. The number of methoxy groups -OCH3 is 1. The lowest BCUT2D eigenvalue weighted by molar-refractivity contribution is -0.121. The molecule has 0 aliphatic carbocycles. The van der Waals surface area contributed by atoms with Gasteiger partial charge in [-0.2, -0.15) is 0 Å². The van der Waals surface area contributed by atoms with Gasteiger partial charge in [-0.25, -0.2) is 4.98 Å². The molecule has 0 bridgehead atoms. The summed E-state index contributed by atoms with van der Waals surface area (Å²) in [6.45, 7) is 2.38. The molecule has 0 radical (unpaired) electrons. The van der Waals surface area contributed by atoms with Crippen LogP contribution >= 0.6 is 22.9 Å². The van der Waals surface area contributed by atoms with Crippen LogP contribution in [0.3, 0.4) is 0 Å². The summed E-state index contributed by atoms with van der Waals surface area (Å²) in [5, 5.41) is 5.44. The first-order valence-corrected chi connectivity index (χ1v) is 10.8. The van der Waals surface area contributed by atoms with Gasteiger partial charge in [0, 0.05) is 30.0 Å². The molecule has 0 atom stereocenters. The van der Waals surface area contributed by atoms with Gasteiger partial charge in [0.15, 0.2) is 23.2 Å². The normalized spacial score (nSPS) is 14.2. The second kappa shape index (κ2) is 9.97. The maximum atomic E-state index is 13.0. The minimum atomic E-state index is -0.657. The van der Waals surface area contributed by atoms with Crippen LogP contribution in [0.1, 0.15) is 28.9 Å². The number of nitrogens with two attached hydrogens (primary N) is 1. The molecule has 1 saturated heterocycles. The number of likely N-dealkylation sites (tertiary alicyclic amines) is 1. The molecule has 1 aliphatic rings. The number of ether oxygens (including phenoxy) is 2. The molecule has 3 rings (SSSR count). The molecule has 0 spiro atoms. The van der Waals surface area contributed by atoms with E-state index in [0.717, 1.165) is 5.69 Å². The molecule has 11 heteroatoms. The van der Waals surface area contributed by atoms with Crippen molar-refractivity contribution in [2.75, 3.05) is 32.1 Å². The van der Waals surface area contributed by atoms with Crippen molar-refractivity contribution >= 4 is 45.8 Å². The van der Waals surface area contributed by atoms with Gasteiger partial charge in [0.1, 0.15) is 0 Å². The Bertz CT molecular complexity index is 988. The van der Waals surface area contributed by atoms with Gasteiger partial charge in [-0.15, -0.1) is 11.3 Å². The fraction of sp³-hybridized carbons (Fsp3) is 0.400. The number of benzene rings is 1. The Labute approximate surface area is 188 Å². The number of anilines is 1. The van der Waals surface area contributed by atoms with Crippen molar-refractivity contribution in [3.63, 3.8) is 0 Å². The largest absolute Gasteiger partial charge is 0.493 e. The number of carbonyl (C=O) groups is 3. The van der Waals surface area contributed by atoms with Crippen molar-refractivity contribution in [2.45, 2.75) is 19.8 Å². The predicted molar refractivity (Wildman–Crippen MR) is 117 cm³/mol. The molecule has 1 fully saturated rings. The van der Waals surface area contributed by atoms with E-state index in [9.17, 15) is 14.4 Å². The summed E-state index contributed by atoms with van der Waals surface area (Å²) in [6, 6.07) is 2.97. The van der Waals surface area contributed by atoms with Gasteiger partial charge >= 0.3 is 0 Å². The van der Waals surface area contributed by atoms with Crippen LogP contribution in [-0.2, 0) is 9.59 Å². The van der Waals surface area contributed by atoms with E-state index in [1.165, 1.54) is 30.6 Å². The lowest BCUT2D eigenvalue weighted by atomic mass is 9.95. The van der Waals surface area contributed by atoms with Crippen molar-refractivity contribution in [2.24, 2.45) is 11.7 Å². The van der Waals surface area contributed by atoms with Crippen LogP contribution in [0.5, 0.6) is 11.5 Å². The summed E-state index contributed by atoms with van der Waals surface area (Å²) in [7, 11) is 1.41. The smallest absolute Gasteiger partial charge is 0.255 e. The molecular weight excluding hydrogens is 444 g/mol. The third-order valence-corrected chi connectivity index (χ3v) is 5.99. The zero-order valence-electron chi connectivity index (χ0n) is 17.1. The third kappa shape index (κ3) is 5.65. The maximum absolute atomic E-state index is 13.0. The fourth-order valence-electron chi connectivity index (χ4n) is 3.27. The molecule has 2 aromatic rings. The average Bonchev–Trinajstić information content (AvgIpc) is 3.16. The zero-order chi connectivity index (χ0) is 22.5. The molecule has 0 saturated carbocycles. The standard InChI is InChI=1S/C20H23ClN4O5S/c1-11-10-31-20(23-11)24-18(27)12-3-5-25(6-4-12)19(28)13-7-14(21)17(15(8-13)29-2)30-9-16(22)26/h7-8,10,12H,3-6,9H2,1-2H3,(H2,22,26)(H,23,24,27). The minimum absolute atomic E-state index is 0.0814. The second-order valence-electron chi connectivity index (χ2n) is 7.09. The first-order chi connectivity index (χ1) is 14.8. The molecule has 31 heavy (non-hydrogen) atoms. The average molecular weight is 467 g/mol. The quantitative estimate of drug-likeness (QED) is 0.646. The van der Waals surface area contributed by atoms with Crippen molar-refractivity contribution in [1.29, 1.82) is 0 Å². The molecule has 3 amide bonds. The first-order valence-electron chi connectivity index (χ1n) is 9.59. The maximum Gasteiger partial charge on any atom is 0.255 e. The van der Waals surface area contributed by atoms with Crippen molar-refractivity contribution in [3.05, 3.63) is 33.8 Å². The topological polar surface area (TPSA) is 124 Å². The van der Waals surface area contributed by atoms with Gasteiger partial charge in [-0.3, -0.25) is 14.4 Å². The van der Waals surface area contributed by atoms with E-state index in [1.807, 2.05) is 12.3 Å². The number of piperidine rings is 1. The number of thiazole rings is 1. The first kappa shape index (κ1) is 22.8. The molecule has 9 nitrogen and oxygen atoms in total. The Balaban J connectivity index is 1.62. The number of nitrogens with one attached hydrogen (secondary N) is 1. The third-order valence-electron chi connectivity index (χ3n) is 4.84. The minimum Gasteiger partial charge on any atom is -0.493 e. The highest BCUT2D eigenvalue weighted by atomic mass is 35.5. The highest BCUT2D eigenvalue weighted by Gasteiger charge is 2.29. The van der Waals surface area contributed by atoms with Gasteiger partial charge < -0.3 is 25.4 Å². The van der Waals surface area contributed by atoms with Crippen LogP contribution in [0.25, 0.3) is 0 Å². The van der Waals surface area contributed by atoms with E-state index in [0.29, 0.717) is 36.6 Å². The molecule has 1 aromatic carbocycles. The van der Waals surface area contributed by atoms with E-state index in [4.69, 9.17) is 26.8 Å². The summed E-state index contributed by atoms with van der Waals surface area (Å²) in [6.07, 6.45) is 1.10. The molecule has 0 unspecified atom stereocenters. The van der Waals surface area contributed by atoms with Crippen LogP contribution in [0.4, 0.5) is 5.13 Å². The molecule has 2 heterocycles. The fourth-order valence-corrected chi connectivity index (χ4v) is 4.23. The summed E-state index contributed by atoms with van der Waals surface area (Å²) >= 11 is 7.63. The lowest BCUT2D eigenvalue weighted by Crippen LogP contribution is -2.41. The van der Waals surface area contributed by atoms with Crippen LogP contribution in [-0.4, -0.2) is 54.4 Å². The molecule has 1 aromatic heterocycles. The molecule has 166 valence electrons. The van der Waals surface area contributed by atoms with E-state index in [2.05, 4.69) is 10.3 Å². The number of primary amides is 1. The van der Waals surface area contributed by atoms with Crippen LogP contribution in [0.2, 0.25) is 5.02 Å². The van der Waals surface area contributed by atoms with Gasteiger partial charge in [0.05, 0.1) is 17.8 Å². The van der Waals surface area contributed by atoms with Gasteiger partial charge in [0.25, 0.3) is 11.8 Å². The van der Waals surface area contributed by atoms with Crippen LogP contribution in [0.15, 0.2) is 17.5 Å². The number of halogens is 1. The second-order valence-corrected chi connectivity index (χ2v) is 8.36. The number of amides is 3. The monoisotopic (exact) mass is 466 g/mol. The van der Waals surface area contributed by atoms with E-state index < -0.39 is 5.91 Å². The highest BCUT2D eigenvalue weighted by Crippen LogP contribution is 2.37. The number of carbonyl (C=O) groups excluding carboxylic acids is 3. The number of aryl methyl sites for hydroxylation is 1. The summed E-state index contributed by atoms with van der Waals surface area (Å²) in [4.78, 5) is 42.3. The van der Waals surface area contributed by atoms with Gasteiger partial charge in [0.2, 0.25) is 5.91 Å². The SMILES string of the molecule is COc1cc(C(=O)N2CCC(C(=O)Nc3nc(C)cs3)CC2)cc(Cl)c1OCC(N)=O. The van der Waals surface area contributed by atoms with Crippen LogP contribution < -0.4 is 20.5 Å². The van der Waals surface area contributed by atoms with Crippen molar-refractivity contribution in [3.8, 4) is 11.5 Å². The molecule has 1 aliphatic heterocycles. The summed E-state index contributed by atoms with van der Waals surface area (Å²) < 4.78 is 10.5. The van der Waals surface area contributed by atoms with Gasteiger partial charge in [-0.1, -0.05) is 11.6 Å². The van der Waals surface area contributed by atoms with E-state index in [1.54, 1.807) is 4.90 Å². The zero-order valence-corrected chi connectivity index (χ0v) is 18.7. The summed E-state index contributed by atoms with van der Waals surface area (Å²) in [5.41, 5.74) is 6.28. The number of hydrogen-bond acceptors (Lipinski definition) is 7. The Morgan fingerprint density at radius 1 is 1.32 bits per heavy atom. The molecular formula is C20H23ClN4O5S. The van der Waals surface area contributed by atoms with E-state index in [-0.39, 0.29) is 40.9 Å². The van der Waals surface area contributed by atoms with E-state index >= 15 is 0 Å². The van der Waals surface area contributed by atoms with Crippen molar-refractivity contribution < 1.29 is 23.9 Å². The Morgan fingerprint density at radius 3 is 2.61 bits per heavy atom. The number of aromatic nitrogens is 1. The lowest BCUT2D eigenvalue weighted by Gasteiger charge is -2.31. The van der Waals surface area contributed by atoms with Crippen molar-refractivity contribution in [1.82, 2.24) is 9.88 Å². The Kier molecular flexibility index (Phi) is 7.34.